The number of rotatable bonds is 6. The van der Waals surface area contributed by atoms with Crippen molar-refractivity contribution in [1.82, 2.24) is 25.4 Å². The Bertz CT molecular complexity index is 570. The second kappa shape index (κ2) is 6.82. The molecule has 1 aliphatic carbocycles. The van der Waals surface area contributed by atoms with E-state index in [1.807, 2.05) is 6.92 Å². The van der Waals surface area contributed by atoms with Crippen LogP contribution in [0.5, 0.6) is 0 Å². The van der Waals surface area contributed by atoms with E-state index >= 15 is 0 Å². The summed E-state index contributed by atoms with van der Waals surface area (Å²) in [6.07, 6.45) is 5.47. The number of likely N-dealkylation sites (tertiary alicyclic amines) is 1. The Morgan fingerprint density at radius 3 is 2.54 bits per heavy atom. The highest BCUT2D eigenvalue weighted by Gasteiger charge is 2.32. The average Bonchev–Trinajstić information content (AvgIpc) is 3.31. The highest BCUT2D eigenvalue weighted by molar-refractivity contribution is 5.82. The van der Waals surface area contributed by atoms with Crippen molar-refractivity contribution in [2.24, 2.45) is 0 Å². The Kier molecular flexibility index (Phi) is 4.95. The summed E-state index contributed by atoms with van der Waals surface area (Å²) in [6, 6.07) is -0.0754. The molecule has 1 aromatic heterocycles. The smallest absolute Gasteiger partial charge is 0.237 e. The van der Waals surface area contributed by atoms with Gasteiger partial charge in [-0.1, -0.05) is 6.92 Å². The lowest BCUT2D eigenvalue weighted by Gasteiger charge is -2.36. The molecule has 2 aliphatic rings. The minimum atomic E-state index is -0.136. The summed E-state index contributed by atoms with van der Waals surface area (Å²) in [5, 5.41) is 10.7. The number of piperidine rings is 1. The van der Waals surface area contributed by atoms with Crippen LogP contribution in [0.3, 0.4) is 0 Å². The minimum Gasteiger partial charge on any atom is -0.350 e. The number of carbonyl (C=O) groups is 1. The lowest BCUT2D eigenvalue weighted by Crippen LogP contribution is -2.53. The predicted molar refractivity (Wildman–Crippen MR) is 93.9 cm³/mol. The maximum absolute atomic E-state index is 12.5. The summed E-state index contributed by atoms with van der Waals surface area (Å²) >= 11 is 0. The molecule has 0 unspecified atom stereocenters. The van der Waals surface area contributed by atoms with E-state index in [1.165, 1.54) is 12.8 Å². The van der Waals surface area contributed by atoms with Crippen molar-refractivity contribution in [2.75, 3.05) is 13.1 Å². The molecule has 0 bridgehead atoms. The molecule has 2 N–H and O–H groups in total. The molecular formula is C18H31N5O. The largest absolute Gasteiger partial charge is 0.350 e. The highest BCUT2D eigenvalue weighted by Crippen LogP contribution is 2.38. The van der Waals surface area contributed by atoms with Gasteiger partial charge in [0.2, 0.25) is 5.91 Å². The standard InChI is InChI=1S/C18H31N5O/c1-5-18(3,4)20-17(24)12(2)23-10-8-14(9-11-23)16-19-15(21-22-16)13-6-7-13/h12-14H,5-11H2,1-4H3,(H,20,24)(H,19,21,22)/t12-/m0/s1. The molecule has 0 radical (unpaired) electrons. The van der Waals surface area contributed by atoms with Gasteiger partial charge < -0.3 is 5.32 Å². The molecule has 6 heteroatoms. The number of amides is 1. The van der Waals surface area contributed by atoms with Crippen molar-refractivity contribution in [3.8, 4) is 0 Å². The molecule has 1 atom stereocenters. The van der Waals surface area contributed by atoms with Crippen LogP contribution < -0.4 is 5.32 Å². The zero-order valence-electron chi connectivity index (χ0n) is 15.4. The van der Waals surface area contributed by atoms with E-state index in [2.05, 4.69) is 41.2 Å². The van der Waals surface area contributed by atoms with Gasteiger partial charge in [-0.15, -0.1) is 0 Å². The number of nitrogens with one attached hydrogen (secondary N) is 2. The molecular weight excluding hydrogens is 302 g/mol. The van der Waals surface area contributed by atoms with Crippen LogP contribution in [0, 0.1) is 0 Å². The van der Waals surface area contributed by atoms with Crippen molar-refractivity contribution in [1.29, 1.82) is 0 Å². The van der Waals surface area contributed by atoms with E-state index in [1.54, 1.807) is 0 Å². The van der Waals surface area contributed by atoms with Gasteiger partial charge in [-0.3, -0.25) is 14.8 Å². The summed E-state index contributed by atoms with van der Waals surface area (Å²) in [6.45, 7) is 10.1. The lowest BCUT2D eigenvalue weighted by atomic mass is 9.95. The fourth-order valence-corrected chi connectivity index (χ4v) is 3.25. The van der Waals surface area contributed by atoms with Crippen LogP contribution in [0.2, 0.25) is 0 Å². The molecule has 1 aromatic rings. The highest BCUT2D eigenvalue weighted by atomic mass is 16.2. The first-order chi connectivity index (χ1) is 11.4. The van der Waals surface area contributed by atoms with Crippen molar-refractivity contribution in [2.45, 2.75) is 83.2 Å². The molecule has 134 valence electrons. The van der Waals surface area contributed by atoms with Crippen LogP contribution in [-0.2, 0) is 4.79 Å². The number of nitrogens with zero attached hydrogens (tertiary/aromatic N) is 3. The van der Waals surface area contributed by atoms with Crippen LogP contribution in [-0.4, -0.2) is 50.7 Å². The van der Waals surface area contributed by atoms with Gasteiger partial charge in [0.05, 0.1) is 6.04 Å². The first-order valence-electron chi connectivity index (χ1n) is 9.38. The lowest BCUT2D eigenvalue weighted by molar-refractivity contribution is -0.128. The van der Waals surface area contributed by atoms with Gasteiger partial charge in [-0.2, -0.15) is 5.10 Å². The van der Waals surface area contributed by atoms with E-state index in [-0.39, 0.29) is 17.5 Å². The maximum Gasteiger partial charge on any atom is 0.237 e. The minimum absolute atomic E-state index is 0.0754. The van der Waals surface area contributed by atoms with Crippen molar-refractivity contribution in [3.63, 3.8) is 0 Å². The summed E-state index contributed by atoms with van der Waals surface area (Å²) in [7, 11) is 0. The fourth-order valence-electron chi connectivity index (χ4n) is 3.25. The second-order valence-electron chi connectivity index (χ2n) is 8.07. The quantitative estimate of drug-likeness (QED) is 0.839. The Labute approximate surface area is 144 Å². The number of carbonyl (C=O) groups excluding carboxylic acids is 1. The van der Waals surface area contributed by atoms with Crippen LogP contribution in [0.4, 0.5) is 0 Å². The number of hydrogen-bond acceptors (Lipinski definition) is 4. The number of aromatic nitrogens is 3. The molecule has 0 aromatic carbocycles. The SMILES string of the molecule is CCC(C)(C)NC(=O)[C@H](C)N1CCC(c2nc(C3CC3)n[nH]2)CC1. The van der Waals surface area contributed by atoms with Gasteiger partial charge in [0.25, 0.3) is 0 Å². The van der Waals surface area contributed by atoms with Gasteiger partial charge in [-0.25, -0.2) is 4.98 Å². The summed E-state index contributed by atoms with van der Waals surface area (Å²) < 4.78 is 0. The average molecular weight is 333 g/mol. The van der Waals surface area contributed by atoms with Crippen molar-refractivity contribution < 1.29 is 4.79 Å². The number of H-pyrrole nitrogens is 1. The van der Waals surface area contributed by atoms with E-state index in [9.17, 15) is 4.79 Å². The first kappa shape index (κ1) is 17.4. The molecule has 1 amide bonds. The van der Waals surface area contributed by atoms with E-state index in [4.69, 9.17) is 4.98 Å². The third kappa shape index (κ3) is 3.97. The molecule has 3 rings (SSSR count). The molecule has 1 saturated heterocycles. The fraction of sp³-hybridized carbons (Fsp3) is 0.833. The third-order valence-corrected chi connectivity index (χ3v) is 5.65. The molecule has 0 spiro atoms. The maximum atomic E-state index is 12.5. The Morgan fingerprint density at radius 2 is 1.96 bits per heavy atom. The van der Waals surface area contributed by atoms with Crippen molar-refractivity contribution in [3.05, 3.63) is 11.6 Å². The summed E-state index contributed by atoms with van der Waals surface area (Å²) in [5.74, 6) is 3.23. The monoisotopic (exact) mass is 333 g/mol. The van der Waals surface area contributed by atoms with E-state index < -0.39 is 0 Å². The van der Waals surface area contributed by atoms with Crippen LogP contribution in [0.25, 0.3) is 0 Å². The predicted octanol–water partition coefficient (Wildman–Crippen LogP) is 2.55. The molecule has 6 nitrogen and oxygen atoms in total. The number of aromatic amines is 1. The van der Waals surface area contributed by atoms with Crippen molar-refractivity contribution >= 4 is 5.91 Å². The first-order valence-corrected chi connectivity index (χ1v) is 9.38. The molecule has 2 fully saturated rings. The van der Waals surface area contributed by atoms with E-state index in [0.717, 1.165) is 44.0 Å². The topological polar surface area (TPSA) is 73.9 Å². The zero-order chi connectivity index (χ0) is 17.3. The van der Waals surface area contributed by atoms with Gasteiger partial charge >= 0.3 is 0 Å². The van der Waals surface area contributed by atoms with Gasteiger partial charge in [-0.05, 0) is 66.0 Å². The molecule has 1 aliphatic heterocycles. The third-order valence-electron chi connectivity index (χ3n) is 5.65. The summed E-state index contributed by atoms with van der Waals surface area (Å²) in [5.41, 5.74) is -0.136. The Hall–Kier alpha value is -1.43. The number of hydrogen-bond donors (Lipinski definition) is 2. The Morgan fingerprint density at radius 1 is 1.29 bits per heavy atom. The van der Waals surface area contributed by atoms with Gasteiger partial charge in [0.15, 0.2) is 5.82 Å². The summed E-state index contributed by atoms with van der Waals surface area (Å²) in [4.78, 5) is 19.5. The zero-order valence-corrected chi connectivity index (χ0v) is 15.4. The molecule has 2 heterocycles. The van der Waals surface area contributed by atoms with Crippen LogP contribution in [0.1, 0.15) is 83.3 Å². The Balaban J connectivity index is 1.51. The van der Waals surface area contributed by atoms with E-state index in [0.29, 0.717) is 11.8 Å². The van der Waals surface area contributed by atoms with Gasteiger partial charge in [0.1, 0.15) is 5.82 Å². The van der Waals surface area contributed by atoms with Crippen LogP contribution in [0.15, 0.2) is 0 Å². The van der Waals surface area contributed by atoms with Gasteiger partial charge in [0, 0.05) is 17.4 Å². The second-order valence-corrected chi connectivity index (χ2v) is 8.07. The molecule has 1 saturated carbocycles. The van der Waals surface area contributed by atoms with Crippen LogP contribution >= 0.6 is 0 Å². The molecule has 24 heavy (non-hydrogen) atoms. The normalized spacial score (nSPS) is 21.7.